The van der Waals surface area contributed by atoms with Gasteiger partial charge in [0.05, 0.1) is 5.69 Å². The van der Waals surface area contributed by atoms with E-state index in [9.17, 15) is 4.79 Å². The fourth-order valence-corrected chi connectivity index (χ4v) is 2.20. The molecule has 7 nitrogen and oxygen atoms in total. The van der Waals surface area contributed by atoms with Gasteiger partial charge in [0.25, 0.3) is 0 Å². The topological polar surface area (TPSA) is 91.6 Å². The summed E-state index contributed by atoms with van der Waals surface area (Å²) in [7, 11) is 0. The minimum absolute atomic E-state index is 0.114. The van der Waals surface area contributed by atoms with Crippen molar-refractivity contribution in [3.8, 4) is 0 Å². The Morgan fingerprint density at radius 3 is 3.00 bits per heavy atom. The third-order valence-corrected chi connectivity index (χ3v) is 3.51. The van der Waals surface area contributed by atoms with Crippen LogP contribution in [0.15, 0.2) is 15.6 Å². The van der Waals surface area contributed by atoms with Crippen molar-refractivity contribution in [3.63, 3.8) is 0 Å². The summed E-state index contributed by atoms with van der Waals surface area (Å²) in [6, 6.07) is 2.15. The van der Waals surface area contributed by atoms with Crippen molar-refractivity contribution in [3.05, 3.63) is 17.5 Å². The summed E-state index contributed by atoms with van der Waals surface area (Å²) in [6.07, 6.45) is 1.37. The van der Waals surface area contributed by atoms with Crippen LogP contribution in [-0.4, -0.2) is 36.2 Å². The van der Waals surface area contributed by atoms with E-state index >= 15 is 0 Å². The van der Waals surface area contributed by atoms with Gasteiger partial charge < -0.3 is 20.5 Å². The molecule has 1 aliphatic rings. The van der Waals surface area contributed by atoms with Gasteiger partial charge >= 0.3 is 0 Å². The van der Waals surface area contributed by atoms with Crippen molar-refractivity contribution in [2.75, 3.05) is 13.1 Å². The third-order valence-electron chi connectivity index (χ3n) is 3.51. The number of nitrogens with zero attached hydrogens (tertiary/aromatic N) is 2. The molecule has 0 aliphatic carbocycles. The quantitative estimate of drug-likeness (QED) is 0.560. The first-order chi connectivity index (χ1) is 10.6. The molecule has 2 heterocycles. The second-order valence-corrected chi connectivity index (χ2v) is 5.75. The van der Waals surface area contributed by atoms with Crippen LogP contribution in [0.1, 0.15) is 51.0 Å². The maximum atomic E-state index is 11.2. The molecule has 1 fully saturated rings. The van der Waals surface area contributed by atoms with Crippen LogP contribution in [-0.2, 0) is 11.3 Å². The number of carbonyl (C=O) groups is 1. The van der Waals surface area contributed by atoms with Crippen molar-refractivity contribution in [2.45, 2.75) is 52.1 Å². The molecule has 1 unspecified atom stereocenters. The van der Waals surface area contributed by atoms with Gasteiger partial charge in [-0.1, -0.05) is 19.0 Å². The Hall–Kier alpha value is -2.05. The maximum Gasteiger partial charge on any atom is 0.220 e. The van der Waals surface area contributed by atoms with Crippen LogP contribution in [0, 0.1) is 0 Å². The van der Waals surface area contributed by atoms with Crippen LogP contribution in [0.25, 0.3) is 0 Å². The number of rotatable bonds is 5. The van der Waals surface area contributed by atoms with Gasteiger partial charge in [-0.3, -0.25) is 4.79 Å². The first kappa shape index (κ1) is 16.3. The van der Waals surface area contributed by atoms with E-state index in [1.54, 1.807) is 0 Å². The van der Waals surface area contributed by atoms with Gasteiger partial charge in [-0.2, -0.15) is 0 Å². The molecule has 7 heteroatoms. The first-order valence-electron chi connectivity index (χ1n) is 7.85. The van der Waals surface area contributed by atoms with E-state index < -0.39 is 0 Å². The monoisotopic (exact) mass is 307 g/mol. The van der Waals surface area contributed by atoms with Crippen molar-refractivity contribution < 1.29 is 9.32 Å². The third kappa shape index (κ3) is 4.75. The summed E-state index contributed by atoms with van der Waals surface area (Å²) in [5.41, 5.74) is 0.943. The van der Waals surface area contributed by atoms with Crippen LogP contribution >= 0.6 is 0 Å². The number of hydrogen-bond donors (Lipinski definition) is 3. The molecule has 22 heavy (non-hydrogen) atoms. The molecule has 0 bridgehead atoms. The van der Waals surface area contributed by atoms with Gasteiger partial charge in [-0.15, -0.1) is 0 Å². The van der Waals surface area contributed by atoms with E-state index in [0.717, 1.165) is 30.4 Å². The van der Waals surface area contributed by atoms with E-state index in [1.807, 2.05) is 13.0 Å². The van der Waals surface area contributed by atoms with Crippen LogP contribution in [0.2, 0.25) is 0 Å². The second-order valence-electron chi connectivity index (χ2n) is 5.75. The van der Waals surface area contributed by atoms with Crippen LogP contribution in [0.3, 0.4) is 0 Å². The highest BCUT2D eigenvalue weighted by Gasteiger charge is 2.18. The molecular formula is C15H25N5O2. The molecule has 122 valence electrons. The zero-order valence-electron chi connectivity index (χ0n) is 13.5. The number of nitrogens with one attached hydrogen (secondary N) is 3. The van der Waals surface area contributed by atoms with Gasteiger partial charge in [-0.05, 0) is 19.3 Å². The van der Waals surface area contributed by atoms with E-state index in [0.29, 0.717) is 25.4 Å². The summed E-state index contributed by atoms with van der Waals surface area (Å²) in [6.45, 7) is 8.02. The molecule has 3 N–H and O–H groups in total. The lowest BCUT2D eigenvalue weighted by Gasteiger charge is -2.25. The number of aliphatic imine (C=N–C) groups is 1. The van der Waals surface area contributed by atoms with E-state index in [4.69, 9.17) is 4.52 Å². The average molecular weight is 307 g/mol. The second kappa shape index (κ2) is 7.82. The highest BCUT2D eigenvalue weighted by atomic mass is 16.5. The fraction of sp³-hybridized carbons (Fsp3) is 0.667. The molecule has 0 spiro atoms. The Morgan fingerprint density at radius 2 is 2.41 bits per heavy atom. The lowest BCUT2D eigenvalue weighted by Crippen LogP contribution is -2.51. The van der Waals surface area contributed by atoms with Crippen molar-refractivity contribution in [1.82, 2.24) is 21.1 Å². The first-order valence-corrected chi connectivity index (χ1v) is 7.85. The number of aromatic nitrogens is 1. The maximum absolute atomic E-state index is 11.2. The van der Waals surface area contributed by atoms with Crippen LogP contribution < -0.4 is 16.0 Å². The van der Waals surface area contributed by atoms with E-state index in [1.165, 1.54) is 0 Å². The molecule has 0 radical (unpaired) electrons. The smallest absolute Gasteiger partial charge is 0.220 e. The summed E-state index contributed by atoms with van der Waals surface area (Å²) >= 11 is 0. The number of piperidine rings is 1. The summed E-state index contributed by atoms with van der Waals surface area (Å²) < 4.78 is 5.29. The molecule has 1 amide bonds. The summed E-state index contributed by atoms with van der Waals surface area (Å²) in [4.78, 5) is 15.7. The predicted molar refractivity (Wildman–Crippen MR) is 84.6 cm³/mol. The van der Waals surface area contributed by atoms with Crippen molar-refractivity contribution >= 4 is 11.9 Å². The molecule has 1 atom stereocenters. The van der Waals surface area contributed by atoms with Crippen molar-refractivity contribution in [1.29, 1.82) is 0 Å². The van der Waals surface area contributed by atoms with Gasteiger partial charge in [0.2, 0.25) is 5.91 Å². The SMILES string of the molecule is CCNC(=NCc1cc(C(C)C)no1)NC1CCC(=O)NC1. The zero-order chi connectivity index (χ0) is 15.9. The lowest BCUT2D eigenvalue weighted by atomic mass is 10.1. The number of amides is 1. The highest BCUT2D eigenvalue weighted by Crippen LogP contribution is 2.14. The molecular weight excluding hydrogens is 282 g/mol. The Kier molecular flexibility index (Phi) is 5.80. The average Bonchev–Trinajstić information content (AvgIpc) is 2.96. The van der Waals surface area contributed by atoms with Gasteiger partial charge in [0.15, 0.2) is 11.7 Å². The van der Waals surface area contributed by atoms with Crippen molar-refractivity contribution in [2.24, 2.45) is 4.99 Å². The fourth-order valence-electron chi connectivity index (χ4n) is 2.20. The Morgan fingerprint density at radius 1 is 1.59 bits per heavy atom. The summed E-state index contributed by atoms with van der Waals surface area (Å²) in [5.74, 6) is 1.94. The molecule has 1 aromatic rings. The highest BCUT2D eigenvalue weighted by molar-refractivity contribution is 5.81. The number of guanidine groups is 1. The van der Waals surface area contributed by atoms with Gasteiger partial charge in [-0.25, -0.2) is 4.99 Å². The molecule has 1 aliphatic heterocycles. The molecule has 1 aromatic heterocycles. The standard InChI is InChI=1S/C15H25N5O2/c1-4-16-15(19-11-5-6-14(21)17-8-11)18-9-12-7-13(10(2)3)20-22-12/h7,10-11H,4-6,8-9H2,1-3H3,(H,17,21)(H2,16,18,19). The zero-order valence-corrected chi connectivity index (χ0v) is 13.5. The Labute approximate surface area is 130 Å². The predicted octanol–water partition coefficient (Wildman–Crippen LogP) is 1.13. The van der Waals surface area contributed by atoms with Gasteiger partial charge in [0, 0.05) is 31.6 Å². The molecule has 1 saturated heterocycles. The minimum Gasteiger partial charge on any atom is -0.359 e. The molecule has 2 rings (SSSR count). The largest absolute Gasteiger partial charge is 0.359 e. The Bertz CT molecular complexity index is 514. The van der Waals surface area contributed by atoms with Gasteiger partial charge in [0.1, 0.15) is 6.54 Å². The summed E-state index contributed by atoms with van der Waals surface area (Å²) in [5, 5.41) is 13.4. The number of carbonyl (C=O) groups excluding carboxylic acids is 1. The minimum atomic E-state index is 0.114. The molecule has 0 aromatic carbocycles. The molecule has 0 saturated carbocycles. The van der Waals surface area contributed by atoms with Crippen LogP contribution in [0.4, 0.5) is 0 Å². The Balaban J connectivity index is 1.92. The number of hydrogen-bond acceptors (Lipinski definition) is 4. The van der Waals surface area contributed by atoms with E-state index in [2.05, 4.69) is 39.9 Å². The normalized spacial score (nSPS) is 19.2. The van der Waals surface area contributed by atoms with Crippen LogP contribution in [0.5, 0.6) is 0 Å². The van der Waals surface area contributed by atoms with E-state index in [-0.39, 0.29) is 11.9 Å². The lowest BCUT2D eigenvalue weighted by molar-refractivity contribution is -0.122.